The first kappa shape index (κ1) is 15.2. The number of nitrogens with one attached hydrogen (secondary N) is 1. The number of nitro groups is 1. The minimum absolute atomic E-state index is 0.00891. The summed E-state index contributed by atoms with van der Waals surface area (Å²) in [6, 6.07) is 4.01. The molecule has 1 aliphatic rings. The number of rotatable bonds is 5. The SMILES string of the molecule is NC(=O)CN1CCC(Nc2cccc(F)c2[N+](=O)[O-])CC1. The second-order valence-electron chi connectivity index (χ2n) is 5.05. The number of para-hydroxylation sites is 1. The Bertz CT molecular complexity index is 544. The summed E-state index contributed by atoms with van der Waals surface area (Å²) in [5.74, 6) is -1.22. The van der Waals surface area contributed by atoms with E-state index in [0.717, 1.165) is 6.07 Å². The highest BCUT2D eigenvalue weighted by atomic mass is 19.1. The Morgan fingerprint density at radius 1 is 1.48 bits per heavy atom. The minimum Gasteiger partial charge on any atom is -0.377 e. The zero-order valence-corrected chi connectivity index (χ0v) is 11.4. The fraction of sp³-hybridized carbons (Fsp3) is 0.462. The molecule has 1 amide bonds. The third kappa shape index (κ3) is 3.88. The van der Waals surface area contributed by atoms with E-state index in [-0.39, 0.29) is 24.2 Å². The van der Waals surface area contributed by atoms with Crippen LogP contribution in [0.1, 0.15) is 12.8 Å². The Labute approximate surface area is 121 Å². The molecule has 2 rings (SSSR count). The highest BCUT2D eigenvalue weighted by Gasteiger charge is 2.24. The van der Waals surface area contributed by atoms with Crippen LogP contribution in [0.2, 0.25) is 0 Å². The van der Waals surface area contributed by atoms with Gasteiger partial charge in [0.25, 0.3) is 0 Å². The molecule has 0 atom stereocenters. The topological polar surface area (TPSA) is 102 Å². The van der Waals surface area contributed by atoms with Gasteiger partial charge in [-0.1, -0.05) is 6.07 Å². The van der Waals surface area contributed by atoms with Crippen LogP contribution in [0.5, 0.6) is 0 Å². The van der Waals surface area contributed by atoms with E-state index in [1.807, 2.05) is 4.90 Å². The molecule has 0 aliphatic carbocycles. The third-order valence-electron chi connectivity index (χ3n) is 3.50. The zero-order valence-electron chi connectivity index (χ0n) is 11.4. The lowest BCUT2D eigenvalue weighted by atomic mass is 10.0. The monoisotopic (exact) mass is 296 g/mol. The number of nitrogens with two attached hydrogens (primary N) is 1. The van der Waals surface area contributed by atoms with E-state index < -0.39 is 16.4 Å². The van der Waals surface area contributed by atoms with Crippen LogP contribution in [0.15, 0.2) is 18.2 Å². The number of carbonyl (C=O) groups is 1. The fourth-order valence-corrected chi connectivity index (χ4v) is 2.49. The number of hydrogen-bond acceptors (Lipinski definition) is 5. The van der Waals surface area contributed by atoms with Gasteiger partial charge in [-0.05, 0) is 25.0 Å². The number of hydrogen-bond donors (Lipinski definition) is 2. The molecule has 1 aromatic rings. The van der Waals surface area contributed by atoms with Gasteiger partial charge in [-0.25, -0.2) is 0 Å². The van der Waals surface area contributed by atoms with E-state index in [2.05, 4.69) is 5.32 Å². The van der Waals surface area contributed by atoms with Crippen LogP contribution in [0.4, 0.5) is 15.8 Å². The molecule has 0 radical (unpaired) electrons. The third-order valence-corrected chi connectivity index (χ3v) is 3.50. The molecule has 8 heteroatoms. The molecule has 0 spiro atoms. The summed E-state index contributed by atoms with van der Waals surface area (Å²) in [7, 11) is 0. The molecular formula is C13H17FN4O3. The summed E-state index contributed by atoms with van der Waals surface area (Å²) >= 11 is 0. The Morgan fingerprint density at radius 2 is 2.14 bits per heavy atom. The number of primary amides is 1. The fourth-order valence-electron chi connectivity index (χ4n) is 2.49. The van der Waals surface area contributed by atoms with Gasteiger partial charge in [0, 0.05) is 19.1 Å². The van der Waals surface area contributed by atoms with Gasteiger partial charge in [0.15, 0.2) is 0 Å². The van der Waals surface area contributed by atoms with E-state index in [9.17, 15) is 19.3 Å². The molecule has 1 saturated heterocycles. The Morgan fingerprint density at radius 3 is 2.71 bits per heavy atom. The number of amides is 1. The van der Waals surface area contributed by atoms with Crippen molar-refractivity contribution in [1.82, 2.24) is 4.90 Å². The van der Waals surface area contributed by atoms with Crippen molar-refractivity contribution >= 4 is 17.3 Å². The van der Waals surface area contributed by atoms with Gasteiger partial charge in [-0.3, -0.25) is 19.8 Å². The second kappa shape index (κ2) is 6.49. The van der Waals surface area contributed by atoms with Crippen molar-refractivity contribution in [3.8, 4) is 0 Å². The standard InChI is InChI=1S/C13H17FN4O3/c14-10-2-1-3-11(13(10)18(20)21)16-9-4-6-17(7-5-9)8-12(15)19/h1-3,9,16H,4-8H2,(H2,15,19). The number of nitrogens with zero attached hydrogens (tertiary/aromatic N) is 2. The number of halogens is 1. The zero-order chi connectivity index (χ0) is 15.4. The molecule has 0 unspecified atom stereocenters. The van der Waals surface area contributed by atoms with Crippen LogP contribution in [0.25, 0.3) is 0 Å². The minimum atomic E-state index is -0.851. The molecule has 0 saturated carbocycles. The van der Waals surface area contributed by atoms with Gasteiger partial charge in [0.05, 0.1) is 11.5 Å². The van der Waals surface area contributed by atoms with Crippen LogP contribution < -0.4 is 11.1 Å². The lowest BCUT2D eigenvalue weighted by Gasteiger charge is -2.31. The summed E-state index contributed by atoms with van der Waals surface area (Å²) in [4.78, 5) is 23.0. The molecule has 114 valence electrons. The van der Waals surface area contributed by atoms with Crippen molar-refractivity contribution in [1.29, 1.82) is 0 Å². The molecule has 3 N–H and O–H groups in total. The Kier molecular flexibility index (Phi) is 4.69. The second-order valence-corrected chi connectivity index (χ2v) is 5.05. The summed E-state index contributed by atoms with van der Waals surface area (Å²) in [5.41, 5.74) is 4.80. The molecule has 1 aromatic carbocycles. The highest BCUT2D eigenvalue weighted by Crippen LogP contribution is 2.29. The maximum absolute atomic E-state index is 13.5. The summed E-state index contributed by atoms with van der Waals surface area (Å²) in [6.45, 7) is 1.56. The molecule has 0 bridgehead atoms. The largest absolute Gasteiger partial charge is 0.377 e. The van der Waals surface area contributed by atoms with Gasteiger partial charge < -0.3 is 11.1 Å². The van der Waals surface area contributed by atoms with E-state index in [4.69, 9.17) is 5.73 Å². The summed E-state index contributed by atoms with van der Waals surface area (Å²) < 4.78 is 13.5. The maximum atomic E-state index is 13.5. The summed E-state index contributed by atoms with van der Waals surface area (Å²) in [5, 5.41) is 13.9. The average molecular weight is 296 g/mol. The molecule has 7 nitrogen and oxygen atoms in total. The van der Waals surface area contributed by atoms with Gasteiger partial charge in [-0.15, -0.1) is 0 Å². The van der Waals surface area contributed by atoms with Crippen LogP contribution >= 0.6 is 0 Å². The predicted octanol–water partition coefficient (Wildman–Crippen LogP) is 1.10. The molecule has 21 heavy (non-hydrogen) atoms. The van der Waals surface area contributed by atoms with Crippen molar-refractivity contribution < 1.29 is 14.1 Å². The molecule has 1 aliphatic heterocycles. The van der Waals surface area contributed by atoms with Crippen LogP contribution in [0, 0.1) is 15.9 Å². The van der Waals surface area contributed by atoms with Crippen molar-refractivity contribution in [2.75, 3.05) is 25.0 Å². The van der Waals surface area contributed by atoms with E-state index in [1.54, 1.807) is 0 Å². The Balaban J connectivity index is 1.99. The maximum Gasteiger partial charge on any atom is 0.327 e. The van der Waals surface area contributed by atoms with Gasteiger partial charge in [0.1, 0.15) is 5.69 Å². The van der Waals surface area contributed by atoms with Crippen molar-refractivity contribution in [3.05, 3.63) is 34.1 Å². The van der Waals surface area contributed by atoms with E-state index in [0.29, 0.717) is 25.9 Å². The average Bonchev–Trinajstić information content (AvgIpc) is 2.40. The van der Waals surface area contributed by atoms with Crippen LogP contribution in [0.3, 0.4) is 0 Å². The number of nitro benzene ring substituents is 1. The van der Waals surface area contributed by atoms with E-state index in [1.165, 1.54) is 12.1 Å². The van der Waals surface area contributed by atoms with E-state index >= 15 is 0 Å². The van der Waals surface area contributed by atoms with Crippen molar-refractivity contribution in [2.24, 2.45) is 5.73 Å². The predicted molar refractivity (Wildman–Crippen MR) is 75.3 cm³/mol. The number of benzene rings is 1. The lowest BCUT2D eigenvalue weighted by molar-refractivity contribution is -0.386. The number of likely N-dealkylation sites (tertiary alicyclic amines) is 1. The quantitative estimate of drug-likeness (QED) is 0.625. The molecule has 1 fully saturated rings. The first-order valence-corrected chi connectivity index (χ1v) is 6.67. The smallest absolute Gasteiger partial charge is 0.327 e. The highest BCUT2D eigenvalue weighted by molar-refractivity contribution is 5.75. The van der Waals surface area contributed by atoms with Gasteiger partial charge in [-0.2, -0.15) is 4.39 Å². The lowest BCUT2D eigenvalue weighted by Crippen LogP contribution is -2.43. The number of anilines is 1. The van der Waals surface area contributed by atoms with Gasteiger partial charge >= 0.3 is 5.69 Å². The summed E-state index contributed by atoms with van der Waals surface area (Å²) in [6.07, 6.45) is 1.42. The molecule has 0 aromatic heterocycles. The number of carbonyl (C=O) groups excluding carboxylic acids is 1. The number of piperidine rings is 1. The van der Waals surface area contributed by atoms with Gasteiger partial charge in [0.2, 0.25) is 11.7 Å². The molecular weight excluding hydrogens is 279 g/mol. The Hall–Kier alpha value is -2.22. The first-order valence-electron chi connectivity index (χ1n) is 6.67. The first-order chi connectivity index (χ1) is 9.97. The van der Waals surface area contributed by atoms with Crippen molar-refractivity contribution in [2.45, 2.75) is 18.9 Å². The molecule has 1 heterocycles. The van der Waals surface area contributed by atoms with Crippen LogP contribution in [-0.4, -0.2) is 41.4 Å². The van der Waals surface area contributed by atoms with Crippen molar-refractivity contribution in [3.63, 3.8) is 0 Å². The normalized spacial score (nSPS) is 16.6. The van der Waals surface area contributed by atoms with Crippen LogP contribution in [-0.2, 0) is 4.79 Å².